The van der Waals surface area contributed by atoms with Gasteiger partial charge in [0, 0.05) is 22.9 Å². The van der Waals surface area contributed by atoms with Gasteiger partial charge in [-0.1, -0.05) is 35.9 Å². The molecule has 4 rings (SSSR count). The molecule has 1 aliphatic rings. The second-order valence-corrected chi connectivity index (χ2v) is 8.47. The van der Waals surface area contributed by atoms with Crippen molar-refractivity contribution in [3.8, 4) is 5.75 Å². The summed E-state index contributed by atoms with van der Waals surface area (Å²) in [4.78, 5) is 25.5. The molecule has 3 aromatic rings. The van der Waals surface area contributed by atoms with Gasteiger partial charge in [-0.15, -0.1) is 0 Å². The van der Waals surface area contributed by atoms with E-state index in [1.807, 2.05) is 0 Å². The molecule has 32 heavy (non-hydrogen) atoms. The van der Waals surface area contributed by atoms with Crippen molar-refractivity contribution < 1.29 is 56.9 Å². The minimum absolute atomic E-state index is 0. The zero-order chi connectivity index (χ0) is 22.5. The molecule has 0 aromatic heterocycles. The third-order valence-electron chi connectivity index (χ3n) is 4.90. The van der Waals surface area contributed by atoms with Crippen LogP contribution in [0.5, 0.6) is 5.75 Å². The molecule has 3 N–H and O–H groups in total. The zero-order valence-electron chi connectivity index (χ0n) is 16.9. The fraction of sp³-hybridized carbons (Fsp3) is 0.0476. The largest absolute Gasteiger partial charge is 1.00 e. The van der Waals surface area contributed by atoms with Crippen molar-refractivity contribution in [2.24, 2.45) is 0 Å². The summed E-state index contributed by atoms with van der Waals surface area (Å²) in [6.45, 7) is 0. The van der Waals surface area contributed by atoms with Crippen LogP contribution < -0.4 is 45.3 Å². The predicted molar refractivity (Wildman–Crippen MR) is 113 cm³/mol. The number of fused-ring (bicyclic) bond motifs is 2. The Morgan fingerprint density at radius 3 is 2.16 bits per heavy atom. The number of nitrogens with two attached hydrogens (primary N) is 1. The molecule has 0 radical (unpaired) electrons. The summed E-state index contributed by atoms with van der Waals surface area (Å²) in [6.07, 6.45) is 0. The third kappa shape index (κ3) is 4.03. The first-order chi connectivity index (χ1) is 14.6. The molecular formula is C21H14ClN2NaO6S. The first kappa shape index (κ1) is 24.2. The van der Waals surface area contributed by atoms with Crippen LogP contribution in [0.2, 0.25) is 5.02 Å². The van der Waals surface area contributed by atoms with E-state index in [0.717, 1.165) is 6.07 Å². The maximum absolute atomic E-state index is 13.2. The van der Waals surface area contributed by atoms with Gasteiger partial charge in [-0.25, -0.2) is 8.42 Å². The number of halogens is 1. The molecule has 0 unspecified atom stereocenters. The van der Waals surface area contributed by atoms with Crippen molar-refractivity contribution in [1.29, 1.82) is 0 Å². The summed E-state index contributed by atoms with van der Waals surface area (Å²) < 4.78 is 40.6. The molecule has 3 aromatic carbocycles. The van der Waals surface area contributed by atoms with Crippen LogP contribution in [0.1, 0.15) is 31.8 Å². The van der Waals surface area contributed by atoms with Crippen LogP contribution in [0, 0.1) is 0 Å². The second kappa shape index (κ2) is 8.86. The van der Waals surface area contributed by atoms with Gasteiger partial charge < -0.3 is 20.3 Å². The van der Waals surface area contributed by atoms with Crippen LogP contribution >= 0.6 is 11.6 Å². The van der Waals surface area contributed by atoms with Crippen LogP contribution in [0.15, 0.2) is 53.4 Å². The van der Waals surface area contributed by atoms with E-state index in [-0.39, 0.29) is 57.5 Å². The van der Waals surface area contributed by atoms with E-state index in [4.69, 9.17) is 22.1 Å². The average molecular weight is 481 g/mol. The number of hydrogen-bond donors (Lipinski definition) is 2. The number of carbonyl (C=O) groups excluding carboxylic acids is 2. The van der Waals surface area contributed by atoms with Crippen molar-refractivity contribution in [2.75, 3.05) is 18.2 Å². The Bertz CT molecular complexity index is 1390. The number of ketones is 2. The Labute approximate surface area is 210 Å². The standard InChI is InChI=1S/C21H15ClN2O6S.Na/c1-30-15-8-10(6-7-13(15)22)24-14-9-16(31(27,28)29)19(23)18-17(14)20(25)11-4-2-3-5-12(11)21(18)26;/h2-9,24H,23H2,1H3,(H,27,28,29);/q;+1/p-1. The Kier molecular flexibility index (Phi) is 6.71. The fourth-order valence-corrected chi connectivity index (χ4v) is 4.32. The van der Waals surface area contributed by atoms with E-state index in [1.54, 1.807) is 18.2 Å². The third-order valence-corrected chi connectivity index (χ3v) is 6.09. The van der Waals surface area contributed by atoms with Gasteiger partial charge in [0.2, 0.25) is 0 Å². The average Bonchev–Trinajstić information content (AvgIpc) is 2.73. The summed E-state index contributed by atoms with van der Waals surface area (Å²) in [5.74, 6) is -0.861. The molecule has 0 heterocycles. The van der Waals surface area contributed by atoms with E-state index < -0.39 is 32.3 Å². The molecule has 158 valence electrons. The summed E-state index contributed by atoms with van der Waals surface area (Å²) in [5, 5.41) is 3.21. The van der Waals surface area contributed by atoms with Gasteiger partial charge in [-0.05, 0) is 18.2 Å². The number of benzene rings is 3. The number of rotatable bonds is 4. The smallest absolute Gasteiger partial charge is 0.744 e. The van der Waals surface area contributed by atoms with Crippen LogP contribution in [0.4, 0.5) is 17.1 Å². The number of anilines is 3. The molecule has 0 saturated carbocycles. The van der Waals surface area contributed by atoms with Crippen molar-refractivity contribution >= 4 is 50.3 Å². The van der Waals surface area contributed by atoms with Crippen LogP contribution in [0.3, 0.4) is 0 Å². The van der Waals surface area contributed by atoms with Crippen molar-refractivity contribution in [2.45, 2.75) is 4.90 Å². The maximum Gasteiger partial charge on any atom is 1.00 e. The van der Waals surface area contributed by atoms with E-state index in [9.17, 15) is 22.6 Å². The first-order valence-corrected chi connectivity index (χ1v) is 10.6. The van der Waals surface area contributed by atoms with Gasteiger partial charge in [-0.3, -0.25) is 9.59 Å². The quantitative estimate of drug-likeness (QED) is 0.242. The van der Waals surface area contributed by atoms with E-state index in [2.05, 4.69) is 5.32 Å². The molecule has 8 nitrogen and oxygen atoms in total. The Morgan fingerprint density at radius 2 is 1.59 bits per heavy atom. The van der Waals surface area contributed by atoms with E-state index >= 15 is 0 Å². The normalized spacial score (nSPS) is 12.5. The van der Waals surface area contributed by atoms with Gasteiger partial charge >= 0.3 is 29.6 Å². The molecule has 0 aliphatic heterocycles. The van der Waals surface area contributed by atoms with Gasteiger partial charge in [0.05, 0.1) is 39.5 Å². The van der Waals surface area contributed by atoms with E-state index in [0.29, 0.717) is 16.5 Å². The minimum atomic E-state index is -5.04. The number of carbonyl (C=O) groups is 2. The molecule has 0 amide bonds. The monoisotopic (exact) mass is 480 g/mol. The molecule has 11 heteroatoms. The molecule has 1 aliphatic carbocycles. The van der Waals surface area contributed by atoms with Crippen LogP contribution in [-0.2, 0) is 10.1 Å². The molecule has 0 spiro atoms. The Balaban J connectivity index is 0.00000289. The first-order valence-electron chi connectivity index (χ1n) is 8.85. The molecule has 0 fully saturated rings. The second-order valence-electron chi connectivity index (χ2n) is 6.72. The summed E-state index contributed by atoms with van der Waals surface area (Å²) in [6, 6.07) is 11.7. The fourth-order valence-electron chi connectivity index (χ4n) is 3.49. The van der Waals surface area contributed by atoms with E-state index in [1.165, 1.54) is 31.4 Å². The number of ether oxygens (including phenoxy) is 1. The van der Waals surface area contributed by atoms with Crippen molar-refractivity contribution in [1.82, 2.24) is 0 Å². The number of hydrogen-bond acceptors (Lipinski definition) is 8. The van der Waals surface area contributed by atoms with Crippen LogP contribution in [0.25, 0.3) is 0 Å². The maximum atomic E-state index is 13.2. The van der Waals surface area contributed by atoms with Crippen LogP contribution in [-0.4, -0.2) is 31.6 Å². The van der Waals surface area contributed by atoms with Crippen molar-refractivity contribution in [3.63, 3.8) is 0 Å². The SMILES string of the molecule is COc1cc(Nc2cc(S(=O)(=O)[O-])c(N)c3c2C(=O)c2ccccc2C3=O)ccc1Cl.[Na+]. The number of nitrogen functional groups attached to an aromatic ring is 1. The number of nitrogens with one attached hydrogen (secondary N) is 1. The van der Waals surface area contributed by atoms with Crippen molar-refractivity contribution in [3.05, 3.63) is 75.8 Å². The van der Waals surface area contributed by atoms with Gasteiger partial charge in [0.15, 0.2) is 11.6 Å². The Hall–Kier alpha value is -2.40. The molecule has 0 atom stereocenters. The summed E-state index contributed by atoms with van der Waals surface area (Å²) in [7, 11) is -3.63. The summed E-state index contributed by atoms with van der Waals surface area (Å²) >= 11 is 6.03. The molecule has 0 bridgehead atoms. The Morgan fingerprint density at radius 1 is 1.00 bits per heavy atom. The summed E-state index contributed by atoms with van der Waals surface area (Å²) in [5.41, 5.74) is 5.44. The number of methoxy groups -OCH3 is 1. The van der Waals surface area contributed by atoms with Gasteiger partial charge in [0.25, 0.3) is 0 Å². The van der Waals surface area contributed by atoms with Gasteiger partial charge in [0.1, 0.15) is 15.9 Å². The predicted octanol–water partition coefficient (Wildman–Crippen LogP) is 0.358. The topological polar surface area (TPSA) is 139 Å². The molecule has 0 saturated heterocycles. The molecular weight excluding hydrogens is 467 g/mol. The zero-order valence-corrected chi connectivity index (χ0v) is 20.5. The minimum Gasteiger partial charge on any atom is -0.744 e. The van der Waals surface area contributed by atoms with Gasteiger partial charge in [-0.2, -0.15) is 0 Å².